The molecule has 0 aliphatic carbocycles. The van der Waals surface area contributed by atoms with Gasteiger partial charge < -0.3 is 10.2 Å². The predicted octanol–water partition coefficient (Wildman–Crippen LogP) is 2.25. The number of carbonyl (C=O) groups is 1. The average Bonchev–Trinajstić information content (AvgIpc) is 3.06. The maximum absolute atomic E-state index is 12.5. The van der Waals surface area contributed by atoms with Gasteiger partial charge in [-0.1, -0.05) is 37.3 Å². The molecular formula is C17H24N2O. The van der Waals surface area contributed by atoms with Crippen LogP contribution >= 0.6 is 0 Å². The Hall–Kier alpha value is -1.35. The molecule has 2 saturated heterocycles. The third-order valence-electron chi connectivity index (χ3n) is 4.93. The van der Waals surface area contributed by atoms with Gasteiger partial charge in [0.1, 0.15) is 0 Å². The summed E-state index contributed by atoms with van der Waals surface area (Å²) in [5.41, 5.74) is 1.30. The summed E-state index contributed by atoms with van der Waals surface area (Å²) in [7, 11) is 0. The highest BCUT2D eigenvalue weighted by atomic mass is 16.2. The Balaban J connectivity index is 1.60. The van der Waals surface area contributed by atoms with E-state index in [-0.39, 0.29) is 0 Å². The Morgan fingerprint density at radius 1 is 1.25 bits per heavy atom. The summed E-state index contributed by atoms with van der Waals surface area (Å²) in [5, 5.41) is 3.42. The van der Waals surface area contributed by atoms with Crippen molar-refractivity contribution in [2.24, 2.45) is 11.8 Å². The van der Waals surface area contributed by atoms with E-state index in [1.807, 2.05) is 6.07 Å². The standard InChI is InChI=1S/C17H24N2O/c1-2-13(14-6-4-3-5-7-14)8-17(20)19-11-15-9-18-10-16(15)12-19/h3-7,13,15-16,18H,2,8-12H2,1H3/t13?,15-,16+. The number of nitrogens with zero attached hydrogens (tertiary/aromatic N) is 1. The van der Waals surface area contributed by atoms with Crippen molar-refractivity contribution in [1.29, 1.82) is 0 Å². The topological polar surface area (TPSA) is 32.3 Å². The maximum atomic E-state index is 12.5. The molecule has 0 saturated carbocycles. The molecule has 3 heteroatoms. The zero-order valence-electron chi connectivity index (χ0n) is 12.2. The molecule has 2 heterocycles. The lowest BCUT2D eigenvalue weighted by Crippen LogP contribution is -2.32. The third-order valence-corrected chi connectivity index (χ3v) is 4.93. The smallest absolute Gasteiger partial charge is 0.223 e. The van der Waals surface area contributed by atoms with Gasteiger partial charge in [0.2, 0.25) is 5.91 Å². The van der Waals surface area contributed by atoms with Gasteiger partial charge in [-0.15, -0.1) is 0 Å². The van der Waals surface area contributed by atoms with Crippen molar-refractivity contribution in [3.63, 3.8) is 0 Å². The highest BCUT2D eigenvalue weighted by molar-refractivity contribution is 5.77. The number of nitrogens with one attached hydrogen (secondary N) is 1. The Morgan fingerprint density at radius 3 is 2.50 bits per heavy atom. The molecule has 0 spiro atoms. The molecular weight excluding hydrogens is 248 g/mol. The van der Waals surface area contributed by atoms with Crippen molar-refractivity contribution in [2.75, 3.05) is 26.2 Å². The van der Waals surface area contributed by atoms with Crippen molar-refractivity contribution in [1.82, 2.24) is 10.2 Å². The molecule has 1 unspecified atom stereocenters. The molecule has 108 valence electrons. The van der Waals surface area contributed by atoms with Gasteiger partial charge in [0.25, 0.3) is 0 Å². The largest absolute Gasteiger partial charge is 0.342 e. The fraction of sp³-hybridized carbons (Fsp3) is 0.588. The molecule has 1 N–H and O–H groups in total. The average molecular weight is 272 g/mol. The molecule has 0 radical (unpaired) electrons. The van der Waals surface area contributed by atoms with Gasteiger partial charge in [0.15, 0.2) is 0 Å². The van der Waals surface area contributed by atoms with E-state index in [0.29, 0.717) is 30.1 Å². The lowest BCUT2D eigenvalue weighted by atomic mass is 9.93. The van der Waals surface area contributed by atoms with Crippen LogP contribution in [-0.4, -0.2) is 37.0 Å². The minimum absolute atomic E-state index is 0.343. The Labute approximate surface area is 121 Å². The molecule has 3 atom stereocenters. The summed E-state index contributed by atoms with van der Waals surface area (Å²) in [6.07, 6.45) is 1.69. The number of hydrogen-bond donors (Lipinski definition) is 1. The second-order valence-electron chi connectivity index (χ2n) is 6.20. The number of rotatable bonds is 4. The van der Waals surface area contributed by atoms with E-state index in [2.05, 4.69) is 41.4 Å². The Kier molecular flexibility index (Phi) is 4.06. The van der Waals surface area contributed by atoms with Crippen LogP contribution in [0.15, 0.2) is 30.3 Å². The van der Waals surface area contributed by atoms with E-state index in [1.165, 1.54) is 5.56 Å². The summed E-state index contributed by atoms with van der Waals surface area (Å²) in [6, 6.07) is 10.4. The zero-order chi connectivity index (χ0) is 13.9. The first kappa shape index (κ1) is 13.6. The van der Waals surface area contributed by atoms with Crippen LogP contribution in [0.4, 0.5) is 0 Å². The number of likely N-dealkylation sites (tertiary alicyclic amines) is 1. The first-order valence-electron chi connectivity index (χ1n) is 7.81. The summed E-state index contributed by atoms with van der Waals surface area (Å²) >= 11 is 0. The van der Waals surface area contributed by atoms with E-state index in [4.69, 9.17) is 0 Å². The second-order valence-corrected chi connectivity index (χ2v) is 6.20. The van der Waals surface area contributed by atoms with Crippen molar-refractivity contribution < 1.29 is 4.79 Å². The number of amides is 1. The van der Waals surface area contributed by atoms with Gasteiger partial charge in [-0.3, -0.25) is 4.79 Å². The molecule has 1 amide bonds. The molecule has 20 heavy (non-hydrogen) atoms. The van der Waals surface area contributed by atoms with Crippen LogP contribution in [-0.2, 0) is 4.79 Å². The van der Waals surface area contributed by atoms with Gasteiger partial charge in [-0.05, 0) is 29.7 Å². The monoisotopic (exact) mass is 272 g/mol. The maximum Gasteiger partial charge on any atom is 0.223 e. The lowest BCUT2D eigenvalue weighted by Gasteiger charge is -2.21. The SMILES string of the molecule is CCC(CC(=O)N1C[C@H]2CNC[C@H]2C1)c1ccccc1. The van der Waals surface area contributed by atoms with Crippen molar-refractivity contribution >= 4 is 5.91 Å². The zero-order valence-corrected chi connectivity index (χ0v) is 12.2. The summed E-state index contributed by atoms with van der Waals surface area (Å²) in [4.78, 5) is 14.6. The van der Waals surface area contributed by atoms with E-state index >= 15 is 0 Å². The quantitative estimate of drug-likeness (QED) is 0.912. The first-order valence-corrected chi connectivity index (χ1v) is 7.81. The molecule has 2 aliphatic heterocycles. The fourth-order valence-corrected chi connectivity index (χ4v) is 3.62. The van der Waals surface area contributed by atoms with Gasteiger partial charge in [0, 0.05) is 32.6 Å². The van der Waals surface area contributed by atoms with E-state index in [9.17, 15) is 4.79 Å². The van der Waals surface area contributed by atoms with Gasteiger partial charge in [-0.2, -0.15) is 0 Å². The highest BCUT2D eigenvalue weighted by Crippen LogP contribution is 2.29. The summed E-state index contributed by atoms with van der Waals surface area (Å²) < 4.78 is 0. The Morgan fingerprint density at radius 2 is 1.90 bits per heavy atom. The van der Waals surface area contributed by atoms with E-state index in [1.54, 1.807) is 0 Å². The van der Waals surface area contributed by atoms with Crippen molar-refractivity contribution in [2.45, 2.75) is 25.7 Å². The van der Waals surface area contributed by atoms with Crippen LogP contribution in [0.1, 0.15) is 31.2 Å². The van der Waals surface area contributed by atoms with Crippen LogP contribution in [0.2, 0.25) is 0 Å². The molecule has 3 rings (SSSR count). The molecule has 2 aliphatic rings. The van der Waals surface area contributed by atoms with Crippen LogP contribution in [0, 0.1) is 11.8 Å². The molecule has 0 aromatic heterocycles. The fourth-order valence-electron chi connectivity index (χ4n) is 3.62. The number of hydrogen-bond acceptors (Lipinski definition) is 2. The minimum Gasteiger partial charge on any atom is -0.342 e. The lowest BCUT2D eigenvalue weighted by molar-refractivity contribution is -0.130. The number of carbonyl (C=O) groups excluding carboxylic acids is 1. The van der Waals surface area contributed by atoms with E-state index < -0.39 is 0 Å². The number of benzene rings is 1. The van der Waals surface area contributed by atoms with Crippen molar-refractivity contribution in [3.8, 4) is 0 Å². The van der Waals surface area contributed by atoms with Crippen LogP contribution in [0.5, 0.6) is 0 Å². The molecule has 3 nitrogen and oxygen atoms in total. The summed E-state index contributed by atoms with van der Waals surface area (Å²) in [5.74, 6) is 2.09. The predicted molar refractivity (Wildman–Crippen MR) is 80.5 cm³/mol. The summed E-state index contributed by atoms with van der Waals surface area (Å²) in [6.45, 7) is 6.27. The Bertz CT molecular complexity index is 447. The molecule has 1 aromatic rings. The third kappa shape index (κ3) is 2.73. The van der Waals surface area contributed by atoms with Crippen molar-refractivity contribution in [3.05, 3.63) is 35.9 Å². The molecule has 0 bridgehead atoms. The van der Waals surface area contributed by atoms with E-state index in [0.717, 1.165) is 32.6 Å². The van der Waals surface area contributed by atoms with Gasteiger partial charge >= 0.3 is 0 Å². The number of fused-ring (bicyclic) bond motifs is 1. The second kappa shape index (κ2) is 5.96. The normalized spacial score (nSPS) is 26.6. The van der Waals surface area contributed by atoms with Gasteiger partial charge in [0.05, 0.1) is 0 Å². The molecule has 2 fully saturated rings. The van der Waals surface area contributed by atoms with Gasteiger partial charge in [-0.25, -0.2) is 0 Å². The van der Waals surface area contributed by atoms with Crippen LogP contribution in [0.25, 0.3) is 0 Å². The van der Waals surface area contributed by atoms with Crippen LogP contribution < -0.4 is 5.32 Å². The molecule has 1 aromatic carbocycles. The highest BCUT2D eigenvalue weighted by Gasteiger charge is 2.38. The van der Waals surface area contributed by atoms with Crippen LogP contribution in [0.3, 0.4) is 0 Å². The minimum atomic E-state index is 0.343. The first-order chi connectivity index (χ1) is 9.78.